The maximum absolute atomic E-state index is 9.38. The maximum atomic E-state index is 9.38. The highest BCUT2D eigenvalue weighted by Gasteiger charge is 2.07. The van der Waals surface area contributed by atoms with Gasteiger partial charge in [-0.25, -0.2) is 9.97 Å². The number of nitrogens with zero attached hydrogens (tertiary/aromatic N) is 4. The van der Waals surface area contributed by atoms with Crippen LogP contribution in [0.5, 0.6) is 5.88 Å². The van der Waals surface area contributed by atoms with Gasteiger partial charge in [-0.15, -0.1) is 0 Å². The van der Waals surface area contributed by atoms with Gasteiger partial charge in [0.2, 0.25) is 5.88 Å². The zero-order valence-corrected chi connectivity index (χ0v) is 10.8. The van der Waals surface area contributed by atoms with E-state index < -0.39 is 0 Å². The number of aryl methyl sites for hydroxylation is 3. The van der Waals surface area contributed by atoms with Crippen molar-refractivity contribution in [2.24, 2.45) is 7.05 Å². The fraction of sp³-hybridized carbons (Fsp3) is 0.364. The molecule has 0 unspecified atom stereocenters. The monoisotopic (exact) mass is 250 g/mol. The van der Waals surface area contributed by atoms with Gasteiger partial charge in [-0.1, -0.05) is 11.8 Å². The van der Waals surface area contributed by atoms with E-state index in [9.17, 15) is 5.11 Å². The van der Waals surface area contributed by atoms with E-state index in [0.717, 1.165) is 22.8 Å². The molecule has 0 fully saturated rings. The second-order valence-corrected chi connectivity index (χ2v) is 4.77. The van der Waals surface area contributed by atoms with E-state index in [1.807, 2.05) is 25.5 Å². The predicted octanol–water partition coefficient (Wildman–Crippen LogP) is 1.82. The standard InChI is InChI=1S/C11H14N4OS/c1-7-4-10(16)14-11(13-7)17-5-9-8(2)12-6-15(9)3/h4,6H,5H2,1-3H3,(H,13,14,16). The Morgan fingerprint density at radius 2 is 2.12 bits per heavy atom. The third-order valence-corrected chi connectivity index (χ3v) is 3.28. The quantitative estimate of drug-likeness (QED) is 0.665. The number of hydrogen-bond donors (Lipinski definition) is 1. The first kappa shape index (κ1) is 11.9. The third-order valence-electron chi connectivity index (χ3n) is 2.43. The molecule has 0 saturated carbocycles. The van der Waals surface area contributed by atoms with Crippen molar-refractivity contribution >= 4 is 11.8 Å². The van der Waals surface area contributed by atoms with Crippen LogP contribution in [-0.4, -0.2) is 24.6 Å². The van der Waals surface area contributed by atoms with E-state index in [0.29, 0.717) is 5.16 Å². The van der Waals surface area contributed by atoms with Gasteiger partial charge in [-0.2, -0.15) is 4.98 Å². The molecule has 1 N–H and O–H groups in total. The van der Waals surface area contributed by atoms with Crippen LogP contribution in [0.4, 0.5) is 0 Å². The van der Waals surface area contributed by atoms with Crippen molar-refractivity contribution in [2.45, 2.75) is 24.8 Å². The molecule has 0 bridgehead atoms. The lowest BCUT2D eigenvalue weighted by atomic mass is 10.4. The third kappa shape index (κ3) is 2.76. The van der Waals surface area contributed by atoms with E-state index in [2.05, 4.69) is 15.0 Å². The fourth-order valence-corrected chi connectivity index (χ4v) is 2.55. The average molecular weight is 250 g/mol. The van der Waals surface area contributed by atoms with Crippen molar-refractivity contribution in [3.05, 3.63) is 29.5 Å². The van der Waals surface area contributed by atoms with Crippen molar-refractivity contribution < 1.29 is 5.11 Å². The van der Waals surface area contributed by atoms with Crippen LogP contribution in [0.2, 0.25) is 0 Å². The summed E-state index contributed by atoms with van der Waals surface area (Å²) in [7, 11) is 1.96. The van der Waals surface area contributed by atoms with Crippen molar-refractivity contribution in [2.75, 3.05) is 0 Å². The van der Waals surface area contributed by atoms with Crippen LogP contribution in [0.1, 0.15) is 17.1 Å². The normalized spacial score (nSPS) is 10.8. The first-order chi connectivity index (χ1) is 8.06. The molecule has 0 atom stereocenters. The molecule has 2 rings (SSSR count). The lowest BCUT2D eigenvalue weighted by Gasteiger charge is -2.04. The minimum Gasteiger partial charge on any atom is -0.493 e. The predicted molar refractivity (Wildman–Crippen MR) is 65.9 cm³/mol. The van der Waals surface area contributed by atoms with Crippen LogP contribution in [0, 0.1) is 13.8 Å². The highest BCUT2D eigenvalue weighted by atomic mass is 32.2. The Hall–Kier alpha value is -1.56. The Balaban J connectivity index is 2.12. The average Bonchev–Trinajstić information content (AvgIpc) is 2.55. The molecule has 0 spiro atoms. The molecule has 17 heavy (non-hydrogen) atoms. The molecular formula is C11H14N4OS. The van der Waals surface area contributed by atoms with Gasteiger partial charge in [-0.3, -0.25) is 0 Å². The largest absolute Gasteiger partial charge is 0.493 e. The summed E-state index contributed by atoms with van der Waals surface area (Å²) in [6, 6.07) is 1.54. The molecule has 2 aromatic heterocycles. The Kier molecular flexibility index (Phi) is 3.33. The van der Waals surface area contributed by atoms with Crippen molar-refractivity contribution in [1.82, 2.24) is 19.5 Å². The van der Waals surface area contributed by atoms with Crippen LogP contribution in [0.3, 0.4) is 0 Å². The zero-order valence-electron chi connectivity index (χ0n) is 10.0. The van der Waals surface area contributed by atoms with Crippen LogP contribution < -0.4 is 0 Å². The van der Waals surface area contributed by atoms with Crippen LogP contribution in [0.25, 0.3) is 0 Å². The Morgan fingerprint density at radius 1 is 1.35 bits per heavy atom. The summed E-state index contributed by atoms with van der Waals surface area (Å²) in [6.07, 6.45) is 1.79. The van der Waals surface area contributed by atoms with Gasteiger partial charge in [0.15, 0.2) is 5.16 Å². The van der Waals surface area contributed by atoms with Gasteiger partial charge in [0.25, 0.3) is 0 Å². The first-order valence-corrected chi connectivity index (χ1v) is 6.19. The van der Waals surface area contributed by atoms with Crippen LogP contribution >= 0.6 is 11.8 Å². The molecule has 0 saturated heterocycles. The number of aromatic nitrogens is 4. The molecule has 0 amide bonds. The summed E-state index contributed by atoms with van der Waals surface area (Å²) in [5.74, 6) is 0.757. The summed E-state index contributed by atoms with van der Waals surface area (Å²) in [4.78, 5) is 12.4. The Morgan fingerprint density at radius 3 is 2.71 bits per heavy atom. The van der Waals surface area contributed by atoms with Crippen molar-refractivity contribution in [3.8, 4) is 5.88 Å². The maximum Gasteiger partial charge on any atom is 0.215 e. The highest BCUT2D eigenvalue weighted by Crippen LogP contribution is 2.22. The fourth-order valence-electron chi connectivity index (χ4n) is 1.50. The molecule has 0 aliphatic heterocycles. The van der Waals surface area contributed by atoms with Gasteiger partial charge in [0.1, 0.15) is 0 Å². The zero-order chi connectivity index (χ0) is 12.4. The summed E-state index contributed by atoms with van der Waals surface area (Å²) in [5.41, 5.74) is 2.91. The molecule has 6 heteroatoms. The second kappa shape index (κ2) is 4.75. The van der Waals surface area contributed by atoms with E-state index >= 15 is 0 Å². The minimum absolute atomic E-state index is 0.0155. The van der Waals surface area contributed by atoms with Crippen LogP contribution in [0.15, 0.2) is 17.6 Å². The summed E-state index contributed by atoms with van der Waals surface area (Å²) >= 11 is 1.49. The Labute approximate surface area is 104 Å². The van der Waals surface area contributed by atoms with Crippen molar-refractivity contribution in [3.63, 3.8) is 0 Å². The van der Waals surface area contributed by atoms with Crippen molar-refractivity contribution in [1.29, 1.82) is 0 Å². The molecule has 5 nitrogen and oxygen atoms in total. The smallest absolute Gasteiger partial charge is 0.215 e. The second-order valence-electron chi connectivity index (χ2n) is 3.83. The molecule has 0 aliphatic rings. The van der Waals surface area contributed by atoms with E-state index in [1.165, 1.54) is 11.8 Å². The molecule has 0 aromatic carbocycles. The molecule has 2 aromatic rings. The number of rotatable bonds is 3. The lowest BCUT2D eigenvalue weighted by molar-refractivity contribution is 0.444. The van der Waals surface area contributed by atoms with E-state index in [-0.39, 0.29) is 5.88 Å². The summed E-state index contributed by atoms with van der Waals surface area (Å²) in [6.45, 7) is 3.81. The molecule has 2 heterocycles. The SMILES string of the molecule is Cc1cc(O)nc(SCc2c(C)ncn2C)n1. The molecule has 0 radical (unpaired) electrons. The summed E-state index contributed by atoms with van der Waals surface area (Å²) in [5, 5.41) is 9.96. The molecule has 90 valence electrons. The lowest BCUT2D eigenvalue weighted by Crippen LogP contribution is -1.96. The highest BCUT2D eigenvalue weighted by molar-refractivity contribution is 7.98. The molecule has 0 aliphatic carbocycles. The van der Waals surface area contributed by atoms with E-state index in [4.69, 9.17) is 0 Å². The first-order valence-electron chi connectivity index (χ1n) is 5.20. The number of aromatic hydroxyl groups is 1. The van der Waals surface area contributed by atoms with Crippen LogP contribution in [-0.2, 0) is 12.8 Å². The topological polar surface area (TPSA) is 63.8 Å². The number of thioether (sulfide) groups is 1. The minimum atomic E-state index is 0.0155. The summed E-state index contributed by atoms with van der Waals surface area (Å²) < 4.78 is 1.98. The number of imidazole rings is 1. The van der Waals surface area contributed by atoms with E-state index in [1.54, 1.807) is 12.4 Å². The van der Waals surface area contributed by atoms with Gasteiger partial charge in [0.05, 0.1) is 17.7 Å². The van der Waals surface area contributed by atoms with Gasteiger partial charge < -0.3 is 9.67 Å². The Bertz CT molecular complexity index is 499. The van der Waals surface area contributed by atoms with Gasteiger partial charge in [0, 0.05) is 24.6 Å². The van der Waals surface area contributed by atoms with Gasteiger partial charge >= 0.3 is 0 Å². The molecular weight excluding hydrogens is 236 g/mol. The van der Waals surface area contributed by atoms with Gasteiger partial charge in [-0.05, 0) is 13.8 Å². The number of hydrogen-bond acceptors (Lipinski definition) is 5.